The maximum Gasteiger partial charge on any atom is 0.224 e. The maximum absolute atomic E-state index is 13.5. The Morgan fingerprint density at radius 2 is 1.47 bits per heavy atom. The van der Waals surface area contributed by atoms with Crippen molar-refractivity contribution in [3.8, 4) is 11.5 Å². The number of carbonyl (C=O) groups excluding carboxylic acids is 2. The zero-order valence-electron chi connectivity index (χ0n) is 19.9. The van der Waals surface area contributed by atoms with Crippen molar-refractivity contribution in [2.24, 2.45) is 5.41 Å². The lowest BCUT2D eigenvalue weighted by atomic mass is 9.70. The Hall–Kier alpha value is -3.86. The van der Waals surface area contributed by atoms with Crippen molar-refractivity contribution in [1.82, 2.24) is 5.32 Å². The number of ketones is 1. The van der Waals surface area contributed by atoms with Crippen LogP contribution < -0.4 is 14.8 Å². The molecule has 0 bridgehead atoms. The van der Waals surface area contributed by atoms with Crippen molar-refractivity contribution in [1.29, 1.82) is 0 Å². The van der Waals surface area contributed by atoms with Gasteiger partial charge in [-0.1, -0.05) is 80.6 Å². The van der Waals surface area contributed by atoms with Crippen LogP contribution in [-0.4, -0.2) is 25.9 Å². The van der Waals surface area contributed by atoms with Gasteiger partial charge in [-0.3, -0.25) is 9.59 Å². The van der Waals surface area contributed by atoms with Crippen molar-refractivity contribution in [3.05, 3.63) is 101 Å². The zero-order valence-corrected chi connectivity index (χ0v) is 19.9. The second-order valence-electron chi connectivity index (χ2n) is 9.03. The van der Waals surface area contributed by atoms with Crippen LogP contribution in [0, 0.1) is 5.41 Å². The molecule has 0 saturated carbocycles. The van der Waals surface area contributed by atoms with Gasteiger partial charge in [0.2, 0.25) is 5.91 Å². The van der Waals surface area contributed by atoms with Crippen LogP contribution in [0.5, 0.6) is 11.5 Å². The van der Waals surface area contributed by atoms with Crippen molar-refractivity contribution >= 4 is 17.3 Å². The van der Waals surface area contributed by atoms with E-state index in [-0.39, 0.29) is 24.2 Å². The molecule has 0 spiro atoms. The highest BCUT2D eigenvalue weighted by Crippen LogP contribution is 2.48. The lowest BCUT2D eigenvalue weighted by Gasteiger charge is -2.39. The van der Waals surface area contributed by atoms with E-state index in [1.807, 2.05) is 92.7 Å². The Kier molecular flexibility index (Phi) is 6.55. The van der Waals surface area contributed by atoms with E-state index < -0.39 is 5.41 Å². The molecule has 5 heteroatoms. The minimum Gasteiger partial charge on any atom is -0.493 e. The van der Waals surface area contributed by atoms with Crippen LogP contribution in [0.3, 0.4) is 0 Å². The highest BCUT2D eigenvalue weighted by molar-refractivity contribution is 6.29. The summed E-state index contributed by atoms with van der Waals surface area (Å²) in [4.78, 5) is 26.6. The summed E-state index contributed by atoms with van der Waals surface area (Å²) in [5, 5.41) is 3.21. The number of hydrogen-bond donors (Lipinski definition) is 1. The van der Waals surface area contributed by atoms with Crippen LogP contribution >= 0.6 is 0 Å². The number of nitrogens with one attached hydrogen (secondary N) is 1. The van der Waals surface area contributed by atoms with E-state index in [4.69, 9.17) is 9.47 Å². The largest absolute Gasteiger partial charge is 0.493 e. The number of fused-ring (bicyclic) bond motifs is 1. The molecule has 0 heterocycles. The fraction of sp³-hybridized carbons (Fsp3) is 0.241. The summed E-state index contributed by atoms with van der Waals surface area (Å²) in [5.74, 6) is 0.919. The summed E-state index contributed by atoms with van der Waals surface area (Å²) in [7, 11) is 3.14. The van der Waals surface area contributed by atoms with Gasteiger partial charge in [-0.15, -0.1) is 0 Å². The molecule has 4 rings (SSSR count). The fourth-order valence-corrected chi connectivity index (χ4v) is 4.49. The SMILES string of the molecule is COc1cc2c(cc1OC)[C@@H](NC(=O)Cc1ccccc1)C(C)(C)C=C2C(=O)c1ccccc1. The van der Waals surface area contributed by atoms with Gasteiger partial charge < -0.3 is 14.8 Å². The van der Waals surface area contributed by atoms with Gasteiger partial charge in [0.25, 0.3) is 0 Å². The molecule has 0 radical (unpaired) electrons. The third-order valence-corrected chi connectivity index (χ3v) is 6.21. The molecule has 34 heavy (non-hydrogen) atoms. The van der Waals surface area contributed by atoms with Gasteiger partial charge in [0.15, 0.2) is 17.3 Å². The topological polar surface area (TPSA) is 64.6 Å². The third-order valence-electron chi connectivity index (χ3n) is 6.21. The van der Waals surface area contributed by atoms with E-state index in [1.165, 1.54) is 0 Å². The molecule has 5 nitrogen and oxygen atoms in total. The van der Waals surface area contributed by atoms with Gasteiger partial charge >= 0.3 is 0 Å². The molecular formula is C29H29NO4. The third kappa shape index (κ3) is 4.60. The number of carbonyl (C=O) groups is 2. The highest BCUT2D eigenvalue weighted by atomic mass is 16.5. The molecule has 0 fully saturated rings. The fourth-order valence-electron chi connectivity index (χ4n) is 4.49. The lowest BCUT2D eigenvalue weighted by Crippen LogP contribution is -2.40. The molecule has 0 saturated heterocycles. The molecule has 3 aromatic rings. The Balaban J connectivity index is 1.78. The quantitative estimate of drug-likeness (QED) is 0.484. The Labute approximate surface area is 200 Å². The highest BCUT2D eigenvalue weighted by Gasteiger charge is 2.39. The van der Waals surface area contributed by atoms with Crippen LogP contribution in [0.4, 0.5) is 0 Å². The predicted octanol–water partition coefficient (Wildman–Crippen LogP) is 5.41. The minimum atomic E-state index is -0.529. The van der Waals surface area contributed by atoms with E-state index >= 15 is 0 Å². The number of benzene rings is 3. The second kappa shape index (κ2) is 9.56. The van der Waals surface area contributed by atoms with Crippen LogP contribution in [0.15, 0.2) is 78.9 Å². The first-order valence-electron chi connectivity index (χ1n) is 11.3. The van der Waals surface area contributed by atoms with Crippen LogP contribution in [0.2, 0.25) is 0 Å². The molecule has 1 atom stereocenters. The van der Waals surface area contributed by atoms with Gasteiger partial charge in [-0.05, 0) is 28.8 Å². The summed E-state index contributed by atoms with van der Waals surface area (Å²) in [6.45, 7) is 4.05. The summed E-state index contributed by atoms with van der Waals surface area (Å²) in [6, 6.07) is 22.2. The summed E-state index contributed by atoms with van der Waals surface area (Å²) in [6.07, 6.45) is 2.24. The van der Waals surface area contributed by atoms with Crippen molar-refractivity contribution < 1.29 is 19.1 Å². The number of amides is 1. The molecule has 1 N–H and O–H groups in total. The van der Waals surface area contributed by atoms with Gasteiger partial charge in [-0.25, -0.2) is 0 Å². The molecular weight excluding hydrogens is 426 g/mol. The normalized spacial score (nSPS) is 16.1. The number of ether oxygens (including phenoxy) is 2. The smallest absolute Gasteiger partial charge is 0.224 e. The van der Waals surface area contributed by atoms with Crippen LogP contribution in [0.25, 0.3) is 5.57 Å². The first-order chi connectivity index (χ1) is 16.3. The first kappa shape index (κ1) is 23.3. The van der Waals surface area contributed by atoms with Gasteiger partial charge in [0.1, 0.15) is 0 Å². The van der Waals surface area contributed by atoms with Crippen molar-refractivity contribution in [3.63, 3.8) is 0 Å². The zero-order chi connectivity index (χ0) is 24.3. The Morgan fingerprint density at radius 1 is 0.882 bits per heavy atom. The monoisotopic (exact) mass is 455 g/mol. The van der Waals surface area contributed by atoms with Gasteiger partial charge in [-0.2, -0.15) is 0 Å². The van der Waals surface area contributed by atoms with E-state index in [9.17, 15) is 9.59 Å². The number of rotatable bonds is 7. The van der Waals surface area contributed by atoms with E-state index in [0.717, 1.165) is 16.7 Å². The minimum absolute atomic E-state index is 0.0730. The molecule has 0 aromatic heterocycles. The van der Waals surface area contributed by atoms with E-state index in [1.54, 1.807) is 14.2 Å². The van der Waals surface area contributed by atoms with Crippen LogP contribution in [0.1, 0.15) is 46.9 Å². The Morgan fingerprint density at radius 3 is 2.09 bits per heavy atom. The summed E-state index contributed by atoms with van der Waals surface area (Å²) < 4.78 is 11.1. The number of methoxy groups -OCH3 is 2. The summed E-state index contributed by atoms with van der Waals surface area (Å²) in [5.41, 5.74) is 3.16. The van der Waals surface area contributed by atoms with Crippen molar-refractivity contribution in [2.75, 3.05) is 14.2 Å². The molecule has 1 amide bonds. The molecule has 0 aliphatic heterocycles. The molecule has 3 aromatic carbocycles. The maximum atomic E-state index is 13.5. The molecule has 1 aliphatic carbocycles. The lowest BCUT2D eigenvalue weighted by molar-refractivity contribution is -0.121. The average Bonchev–Trinajstić information content (AvgIpc) is 2.85. The predicted molar refractivity (Wildman–Crippen MR) is 133 cm³/mol. The molecule has 0 unspecified atom stereocenters. The van der Waals surface area contributed by atoms with E-state index in [2.05, 4.69) is 5.32 Å². The number of allylic oxidation sites excluding steroid dienone is 1. The van der Waals surface area contributed by atoms with Crippen molar-refractivity contribution in [2.45, 2.75) is 26.3 Å². The molecule has 174 valence electrons. The van der Waals surface area contributed by atoms with Gasteiger partial charge in [0, 0.05) is 16.6 Å². The standard InChI is InChI=1S/C29H29NO4/c1-29(2)18-23(27(32)20-13-9-6-10-14-20)21-16-24(33-3)25(34-4)17-22(21)28(29)30-26(31)15-19-11-7-5-8-12-19/h5-14,16-18,28H,15H2,1-4H3,(H,30,31)/t28-/m1/s1. The second-order valence-corrected chi connectivity index (χ2v) is 9.03. The summed E-state index contributed by atoms with van der Waals surface area (Å²) >= 11 is 0. The number of Topliss-reactive ketones (excluding diaryl/α,β-unsaturated/α-hetero) is 1. The first-order valence-corrected chi connectivity index (χ1v) is 11.3. The van der Waals surface area contributed by atoms with E-state index in [0.29, 0.717) is 22.6 Å². The number of hydrogen-bond acceptors (Lipinski definition) is 4. The van der Waals surface area contributed by atoms with Crippen LogP contribution in [-0.2, 0) is 11.2 Å². The molecule has 1 aliphatic rings. The van der Waals surface area contributed by atoms with Gasteiger partial charge in [0.05, 0.1) is 26.7 Å². The average molecular weight is 456 g/mol. The Bertz CT molecular complexity index is 1230.